The minimum atomic E-state index is 0.193. The zero-order valence-electron chi connectivity index (χ0n) is 9.90. The Labute approximate surface area is 90.9 Å². The average molecular weight is 209 g/mol. The lowest BCUT2D eigenvalue weighted by atomic mass is 10.3. The number of Topliss-reactive ketones (excluding diaryl/α,β-unsaturated/α-hetero) is 1. The Morgan fingerprint density at radius 1 is 1.60 bits per heavy atom. The van der Waals surface area contributed by atoms with E-state index in [0.29, 0.717) is 12.6 Å². The van der Waals surface area contributed by atoms with Crippen LogP contribution < -0.4 is 0 Å². The zero-order valence-corrected chi connectivity index (χ0v) is 9.90. The molecule has 1 aromatic rings. The van der Waals surface area contributed by atoms with E-state index < -0.39 is 0 Å². The Morgan fingerprint density at radius 2 is 2.27 bits per heavy atom. The summed E-state index contributed by atoms with van der Waals surface area (Å²) in [5.74, 6) is 1.18. The third-order valence-electron chi connectivity index (χ3n) is 2.42. The maximum Gasteiger partial charge on any atom is 0.143 e. The number of hydrogen-bond acceptors (Lipinski definition) is 3. The number of hydrogen-bond donors (Lipinski definition) is 0. The minimum Gasteiger partial charge on any atom is -0.337 e. The van der Waals surface area contributed by atoms with Crippen molar-refractivity contribution in [2.45, 2.75) is 33.4 Å². The molecule has 4 heteroatoms. The molecule has 4 nitrogen and oxygen atoms in total. The molecule has 0 spiro atoms. The van der Waals surface area contributed by atoms with Gasteiger partial charge in [0.25, 0.3) is 0 Å². The molecule has 0 saturated carbocycles. The fourth-order valence-electron chi connectivity index (χ4n) is 1.44. The second kappa shape index (κ2) is 5.07. The van der Waals surface area contributed by atoms with Crippen molar-refractivity contribution in [3.8, 4) is 0 Å². The van der Waals surface area contributed by atoms with Crippen LogP contribution in [0.4, 0.5) is 0 Å². The van der Waals surface area contributed by atoms with Crippen LogP contribution in [-0.4, -0.2) is 32.8 Å². The first-order valence-electron chi connectivity index (χ1n) is 5.20. The molecular weight excluding hydrogens is 190 g/mol. The van der Waals surface area contributed by atoms with Crippen LogP contribution in [0.3, 0.4) is 0 Å². The number of carbonyl (C=O) groups is 1. The molecule has 0 aliphatic carbocycles. The number of rotatable bonds is 5. The van der Waals surface area contributed by atoms with Crippen LogP contribution in [0.15, 0.2) is 12.4 Å². The number of imidazole rings is 1. The van der Waals surface area contributed by atoms with E-state index in [9.17, 15) is 4.79 Å². The highest BCUT2D eigenvalue weighted by Gasteiger charge is 2.13. The van der Waals surface area contributed by atoms with Crippen LogP contribution in [-0.2, 0) is 18.4 Å². The zero-order chi connectivity index (χ0) is 11.4. The van der Waals surface area contributed by atoms with E-state index in [1.165, 1.54) is 0 Å². The van der Waals surface area contributed by atoms with Gasteiger partial charge in [0, 0.05) is 25.5 Å². The van der Waals surface area contributed by atoms with Crippen molar-refractivity contribution in [3.05, 3.63) is 18.2 Å². The van der Waals surface area contributed by atoms with Crippen molar-refractivity contribution in [1.82, 2.24) is 14.5 Å². The first-order valence-corrected chi connectivity index (χ1v) is 5.20. The summed E-state index contributed by atoms with van der Waals surface area (Å²) in [6.45, 7) is 7.01. The van der Waals surface area contributed by atoms with Gasteiger partial charge in [0.2, 0.25) is 0 Å². The molecule has 0 radical (unpaired) electrons. The van der Waals surface area contributed by atoms with E-state index in [1.54, 1.807) is 13.1 Å². The van der Waals surface area contributed by atoms with Crippen LogP contribution >= 0.6 is 0 Å². The molecule has 84 valence electrons. The summed E-state index contributed by atoms with van der Waals surface area (Å²) in [6, 6.07) is 0.352. The van der Waals surface area contributed by atoms with Crippen LogP contribution in [0, 0.1) is 0 Å². The predicted octanol–water partition coefficient (Wildman–Crippen LogP) is 1.22. The van der Waals surface area contributed by atoms with Gasteiger partial charge in [-0.25, -0.2) is 4.98 Å². The molecule has 0 unspecified atom stereocenters. The Hall–Kier alpha value is -1.16. The highest BCUT2D eigenvalue weighted by Crippen LogP contribution is 2.05. The molecule has 1 rings (SSSR count). The molecule has 0 bridgehead atoms. The summed E-state index contributed by atoms with van der Waals surface area (Å²) < 4.78 is 1.98. The normalized spacial score (nSPS) is 11.3. The standard InChI is InChI=1S/C11H19N3O/c1-9(2)14(7-10(3)15)8-11-12-5-6-13(11)4/h5-6,9H,7-8H2,1-4H3. The molecule has 1 aromatic heterocycles. The summed E-state index contributed by atoms with van der Waals surface area (Å²) in [5.41, 5.74) is 0. The largest absolute Gasteiger partial charge is 0.337 e. The lowest BCUT2D eigenvalue weighted by Gasteiger charge is -2.24. The van der Waals surface area contributed by atoms with Crippen molar-refractivity contribution in [2.24, 2.45) is 7.05 Å². The quantitative estimate of drug-likeness (QED) is 0.732. The number of aromatic nitrogens is 2. The van der Waals surface area contributed by atoms with E-state index in [-0.39, 0.29) is 5.78 Å². The average Bonchev–Trinajstić information content (AvgIpc) is 2.50. The van der Waals surface area contributed by atoms with Gasteiger partial charge in [-0.05, 0) is 20.8 Å². The third-order valence-corrected chi connectivity index (χ3v) is 2.42. The SMILES string of the molecule is CC(=O)CN(Cc1nccn1C)C(C)C. The van der Waals surface area contributed by atoms with E-state index in [2.05, 4.69) is 23.7 Å². The third kappa shape index (κ3) is 3.47. The molecule has 0 fully saturated rings. The molecule has 1 heterocycles. The monoisotopic (exact) mass is 209 g/mol. The van der Waals surface area contributed by atoms with Crippen LogP contribution in [0.1, 0.15) is 26.6 Å². The van der Waals surface area contributed by atoms with Gasteiger partial charge >= 0.3 is 0 Å². The Morgan fingerprint density at radius 3 is 2.67 bits per heavy atom. The lowest BCUT2D eigenvalue weighted by Crippen LogP contribution is -2.35. The maximum absolute atomic E-state index is 11.1. The molecule has 0 amide bonds. The van der Waals surface area contributed by atoms with Gasteiger partial charge in [-0.1, -0.05) is 0 Å². The van der Waals surface area contributed by atoms with Crippen LogP contribution in [0.2, 0.25) is 0 Å². The van der Waals surface area contributed by atoms with E-state index >= 15 is 0 Å². The molecule has 15 heavy (non-hydrogen) atoms. The maximum atomic E-state index is 11.1. The summed E-state index contributed by atoms with van der Waals surface area (Å²) in [5, 5.41) is 0. The fourth-order valence-corrected chi connectivity index (χ4v) is 1.44. The van der Waals surface area contributed by atoms with E-state index in [4.69, 9.17) is 0 Å². The molecule has 0 aromatic carbocycles. The smallest absolute Gasteiger partial charge is 0.143 e. The Kier molecular flexibility index (Phi) is 4.03. The van der Waals surface area contributed by atoms with Gasteiger partial charge in [-0.2, -0.15) is 0 Å². The summed E-state index contributed by atoms with van der Waals surface area (Å²) in [6.07, 6.45) is 3.70. The number of carbonyl (C=O) groups excluding carboxylic acids is 1. The molecule has 0 aliphatic heterocycles. The summed E-state index contributed by atoms with van der Waals surface area (Å²) in [7, 11) is 1.97. The summed E-state index contributed by atoms with van der Waals surface area (Å²) >= 11 is 0. The van der Waals surface area contributed by atoms with Gasteiger partial charge < -0.3 is 4.57 Å². The lowest BCUT2D eigenvalue weighted by molar-refractivity contribution is -0.118. The fraction of sp³-hybridized carbons (Fsp3) is 0.636. The van der Waals surface area contributed by atoms with E-state index in [0.717, 1.165) is 12.4 Å². The molecule has 0 N–H and O–H groups in total. The molecular formula is C11H19N3O. The predicted molar refractivity (Wildman–Crippen MR) is 59.4 cm³/mol. The van der Waals surface area contributed by atoms with Crippen molar-refractivity contribution < 1.29 is 4.79 Å². The number of aryl methyl sites for hydroxylation is 1. The van der Waals surface area contributed by atoms with Gasteiger partial charge in [0.05, 0.1) is 13.1 Å². The first kappa shape index (κ1) is 11.9. The first-order chi connectivity index (χ1) is 7.00. The van der Waals surface area contributed by atoms with Gasteiger partial charge in [-0.15, -0.1) is 0 Å². The van der Waals surface area contributed by atoms with Crippen molar-refractivity contribution in [3.63, 3.8) is 0 Å². The van der Waals surface area contributed by atoms with Crippen LogP contribution in [0.5, 0.6) is 0 Å². The van der Waals surface area contributed by atoms with Crippen LogP contribution in [0.25, 0.3) is 0 Å². The molecule has 0 saturated heterocycles. The topological polar surface area (TPSA) is 38.1 Å². The van der Waals surface area contributed by atoms with Crippen molar-refractivity contribution in [1.29, 1.82) is 0 Å². The second-order valence-electron chi connectivity index (χ2n) is 4.16. The second-order valence-corrected chi connectivity index (χ2v) is 4.16. The molecule has 0 atom stereocenters. The number of ketones is 1. The van der Waals surface area contributed by atoms with Crippen molar-refractivity contribution in [2.75, 3.05) is 6.54 Å². The van der Waals surface area contributed by atoms with Gasteiger partial charge in [-0.3, -0.25) is 9.69 Å². The highest BCUT2D eigenvalue weighted by atomic mass is 16.1. The minimum absolute atomic E-state index is 0.193. The van der Waals surface area contributed by atoms with Gasteiger partial charge in [0.15, 0.2) is 0 Å². The number of nitrogens with zero attached hydrogens (tertiary/aromatic N) is 3. The molecule has 0 aliphatic rings. The Balaban J connectivity index is 2.67. The highest BCUT2D eigenvalue weighted by molar-refractivity contribution is 5.77. The van der Waals surface area contributed by atoms with Crippen molar-refractivity contribution >= 4 is 5.78 Å². The summed E-state index contributed by atoms with van der Waals surface area (Å²) in [4.78, 5) is 17.5. The van der Waals surface area contributed by atoms with E-state index in [1.807, 2.05) is 17.8 Å². The Bertz CT molecular complexity index is 330. The van der Waals surface area contributed by atoms with Gasteiger partial charge in [0.1, 0.15) is 11.6 Å².